The van der Waals surface area contributed by atoms with E-state index in [1.54, 1.807) is 0 Å². The molecule has 1 aliphatic heterocycles. The van der Waals surface area contributed by atoms with E-state index in [9.17, 15) is 27.6 Å². The van der Waals surface area contributed by atoms with Crippen LogP contribution in [0.25, 0.3) is 0 Å². The minimum atomic E-state index is -4.70. The number of halogens is 3. The highest BCUT2D eigenvalue weighted by Crippen LogP contribution is 2.16. The van der Waals surface area contributed by atoms with Gasteiger partial charge in [-0.2, -0.15) is 13.2 Å². The van der Waals surface area contributed by atoms with Crippen molar-refractivity contribution in [3.05, 3.63) is 0 Å². The Bertz CT molecular complexity index is 310. The molecule has 1 fully saturated rings. The monoisotopic (exact) mass is 241 g/mol. The maximum atomic E-state index is 11.6. The maximum absolute atomic E-state index is 11.6. The number of hydroxylamine groups is 2. The minimum Gasteiger partial charge on any atom is -0.423 e. The first-order valence-corrected chi connectivity index (χ1v) is 4.07. The van der Waals surface area contributed by atoms with Gasteiger partial charge >= 0.3 is 12.3 Å². The molecule has 0 unspecified atom stereocenters. The fraction of sp³-hybridized carbons (Fsp3) is 0.571. The number of hydrogen-bond acceptors (Lipinski definition) is 5. The minimum absolute atomic E-state index is 0.0959. The maximum Gasteiger partial charge on any atom is 0.534 e. The number of carbonyl (C=O) groups is 3. The quantitative estimate of drug-likeness (QED) is 0.527. The molecule has 0 aromatic heterocycles. The molecule has 0 saturated carbocycles. The highest BCUT2D eigenvalue weighted by atomic mass is 19.4. The Hall–Kier alpha value is -1.80. The molecular weight excluding hydrogens is 235 g/mol. The van der Waals surface area contributed by atoms with Crippen LogP contribution in [-0.4, -0.2) is 35.8 Å². The molecule has 1 heterocycles. The Labute approximate surface area is 86.8 Å². The van der Waals surface area contributed by atoms with Crippen molar-refractivity contribution < 1.29 is 37.1 Å². The number of carbonyl (C=O) groups excluding carboxylic acids is 3. The van der Waals surface area contributed by atoms with Crippen LogP contribution in [0.15, 0.2) is 0 Å². The smallest absolute Gasteiger partial charge is 0.423 e. The van der Waals surface area contributed by atoms with Crippen LogP contribution in [0, 0.1) is 0 Å². The van der Waals surface area contributed by atoms with Gasteiger partial charge in [0.25, 0.3) is 11.8 Å². The Morgan fingerprint density at radius 3 is 2.19 bits per heavy atom. The van der Waals surface area contributed by atoms with E-state index in [0.717, 1.165) is 0 Å². The van der Waals surface area contributed by atoms with Gasteiger partial charge in [-0.25, -0.2) is 4.79 Å². The van der Waals surface area contributed by atoms with Crippen molar-refractivity contribution in [2.24, 2.45) is 0 Å². The molecule has 0 N–H and O–H groups in total. The lowest BCUT2D eigenvalue weighted by Gasteiger charge is -2.12. The summed E-state index contributed by atoms with van der Waals surface area (Å²) in [4.78, 5) is 36.4. The summed E-state index contributed by atoms with van der Waals surface area (Å²) in [5.41, 5.74) is 0. The molecule has 0 spiro atoms. The van der Waals surface area contributed by atoms with Gasteiger partial charge in [-0.3, -0.25) is 14.4 Å². The third kappa shape index (κ3) is 3.41. The van der Waals surface area contributed by atoms with Gasteiger partial charge in [0.05, 0.1) is 0 Å². The lowest BCUT2D eigenvalue weighted by atomic mass is 10.4. The van der Waals surface area contributed by atoms with E-state index in [2.05, 4.69) is 9.57 Å². The molecule has 1 rings (SSSR count). The molecule has 2 amide bonds. The third-order valence-corrected chi connectivity index (χ3v) is 1.53. The van der Waals surface area contributed by atoms with Crippen LogP contribution < -0.4 is 0 Å². The average Bonchev–Trinajstić information content (AvgIpc) is 2.45. The number of imide groups is 1. The Morgan fingerprint density at radius 1 is 1.25 bits per heavy atom. The van der Waals surface area contributed by atoms with Crippen molar-refractivity contribution in [1.82, 2.24) is 5.06 Å². The van der Waals surface area contributed by atoms with E-state index >= 15 is 0 Å². The van der Waals surface area contributed by atoms with Gasteiger partial charge < -0.3 is 4.74 Å². The second-order valence-corrected chi connectivity index (χ2v) is 2.83. The number of hydrogen-bond donors (Lipinski definition) is 0. The predicted molar refractivity (Wildman–Crippen MR) is 39.6 cm³/mol. The first kappa shape index (κ1) is 12.3. The summed E-state index contributed by atoms with van der Waals surface area (Å²) in [5.74, 6) is -1.59. The molecule has 1 saturated heterocycles. The lowest BCUT2D eigenvalue weighted by Crippen LogP contribution is -2.33. The second-order valence-electron chi connectivity index (χ2n) is 2.83. The molecule has 16 heavy (non-hydrogen) atoms. The van der Waals surface area contributed by atoms with Gasteiger partial charge in [-0.05, 0) is 0 Å². The second kappa shape index (κ2) is 4.37. The number of amides is 2. The van der Waals surface area contributed by atoms with E-state index in [4.69, 9.17) is 0 Å². The van der Waals surface area contributed by atoms with Gasteiger partial charge in [0.1, 0.15) is 0 Å². The zero-order chi connectivity index (χ0) is 12.3. The number of ether oxygens (including phenoxy) is 1. The highest BCUT2D eigenvalue weighted by molar-refractivity contribution is 6.01. The van der Waals surface area contributed by atoms with Crippen LogP contribution in [0.4, 0.5) is 18.0 Å². The SMILES string of the molecule is O=C(OCC(F)(F)F)ON1C(=O)CCC1=O. The zero-order valence-corrected chi connectivity index (χ0v) is 7.74. The van der Waals surface area contributed by atoms with Crippen molar-refractivity contribution in [1.29, 1.82) is 0 Å². The molecular formula is C7H6F3NO5. The van der Waals surface area contributed by atoms with E-state index < -0.39 is 30.8 Å². The van der Waals surface area contributed by atoms with Crippen LogP contribution in [0.3, 0.4) is 0 Å². The Balaban J connectivity index is 2.40. The van der Waals surface area contributed by atoms with Crippen molar-refractivity contribution in [2.45, 2.75) is 19.0 Å². The largest absolute Gasteiger partial charge is 0.534 e. The van der Waals surface area contributed by atoms with Crippen LogP contribution in [0.1, 0.15) is 12.8 Å². The summed E-state index contributed by atoms with van der Waals surface area (Å²) in [6.07, 6.45) is -6.74. The summed E-state index contributed by atoms with van der Waals surface area (Å²) in [7, 11) is 0. The average molecular weight is 241 g/mol. The molecule has 0 aliphatic carbocycles. The van der Waals surface area contributed by atoms with E-state index in [1.807, 2.05) is 0 Å². The van der Waals surface area contributed by atoms with Gasteiger partial charge in [0.15, 0.2) is 6.61 Å². The van der Waals surface area contributed by atoms with E-state index in [0.29, 0.717) is 0 Å². The lowest BCUT2D eigenvalue weighted by molar-refractivity contribution is -0.190. The zero-order valence-electron chi connectivity index (χ0n) is 7.74. The summed E-state index contributed by atoms with van der Waals surface area (Å²) in [5, 5.41) is 0.0959. The van der Waals surface area contributed by atoms with E-state index in [1.165, 1.54) is 0 Å². The van der Waals surface area contributed by atoms with Gasteiger partial charge in [-0.1, -0.05) is 5.06 Å². The third-order valence-electron chi connectivity index (χ3n) is 1.53. The molecule has 90 valence electrons. The summed E-state index contributed by atoms with van der Waals surface area (Å²) >= 11 is 0. The molecule has 0 atom stereocenters. The first-order valence-electron chi connectivity index (χ1n) is 4.07. The topological polar surface area (TPSA) is 72.9 Å². The van der Waals surface area contributed by atoms with Gasteiger partial charge in [-0.15, -0.1) is 0 Å². The van der Waals surface area contributed by atoms with Gasteiger partial charge in [0.2, 0.25) is 0 Å². The molecule has 0 bridgehead atoms. The normalized spacial score (nSPS) is 16.6. The Morgan fingerprint density at radius 2 is 1.75 bits per heavy atom. The Kier molecular flexibility index (Phi) is 3.35. The van der Waals surface area contributed by atoms with Crippen molar-refractivity contribution in [3.63, 3.8) is 0 Å². The number of alkyl halides is 3. The summed E-state index contributed by atoms with van der Waals surface area (Å²) < 4.78 is 38.4. The fourth-order valence-corrected chi connectivity index (χ4v) is 0.900. The molecule has 0 aromatic rings. The van der Waals surface area contributed by atoms with Crippen LogP contribution in [-0.2, 0) is 19.2 Å². The van der Waals surface area contributed by atoms with Crippen molar-refractivity contribution in [2.75, 3.05) is 6.61 Å². The van der Waals surface area contributed by atoms with Crippen LogP contribution >= 0.6 is 0 Å². The van der Waals surface area contributed by atoms with Crippen LogP contribution in [0.2, 0.25) is 0 Å². The molecule has 9 heteroatoms. The van der Waals surface area contributed by atoms with E-state index in [-0.39, 0.29) is 17.9 Å². The first-order chi connectivity index (χ1) is 7.29. The fourth-order valence-electron chi connectivity index (χ4n) is 0.900. The molecule has 0 aromatic carbocycles. The molecule has 1 aliphatic rings. The van der Waals surface area contributed by atoms with Gasteiger partial charge in [0, 0.05) is 12.8 Å². The number of rotatable bonds is 2. The standard InChI is InChI=1S/C7H6F3NO5/c8-7(9,10)3-15-6(14)16-11-4(12)1-2-5(11)13/h1-3H2. The van der Waals surface area contributed by atoms with Crippen LogP contribution in [0.5, 0.6) is 0 Å². The van der Waals surface area contributed by atoms with Crippen molar-refractivity contribution >= 4 is 18.0 Å². The highest BCUT2D eigenvalue weighted by Gasteiger charge is 2.35. The van der Waals surface area contributed by atoms with Crippen molar-refractivity contribution in [3.8, 4) is 0 Å². The number of nitrogens with zero attached hydrogens (tertiary/aromatic N) is 1. The molecule has 6 nitrogen and oxygen atoms in total. The summed E-state index contributed by atoms with van der Waals surface area (Å²) in [6, 6.07) is 0. The predicted octanol–water partition coefficient (Wildman–Crippen LogP) is 0.766. The summed E-state index contributed by atoms with van der Waals surface area (Å²) in [6.45, 7) is -1.85. The molecule has 0 radical (unpaired) electrons.